The van der Waals surface area contributed by atoms with Gasteiger partial charge < -0.3 is 21.7 Å². The lowest BCUT2D eigenvalue weighted by Gasteiger charge is -2.31. The summed E-state index contributed by atoms with van der Waals surface area (Å²) in [6, 6.07) is 11.2. The van der Waals surface area contributed by atoms with Crippen LogP contribution in [0.5, 0.6) is 0 Å². The van der Waals surface area contributed by atoms with Gasteiger partial charge in [-0.05, 0) is 37.0 Å². The summed E-state index contributed by atoms with van der Waals surface area (Å²) in [4.78, 5) is 36.1. The number of nitrogens with one attached hydrogen (secondary N) is 1. The Hall–Kier alpha value is -3.72. The average molecular weight is 448 g/mol. The molecule has 1 aliphatic rings. The molecule has 1 aromatic carbocycles. The molecular formula is C24H29N7O2. The van der Waals surface area contributed by atoms with E-state index >= 15 is 0 Å². The predicted molar refractivity (Wildman–Crippen MR) is 129 cm³/mol. The van der Waals surface area contributed by atoms with Crippen LogP contribution in [0.15, 0.2) is 53.6 Å². The molecule has 9 heteroatoms. The Labute approximate surface area is 192 Å². The molecule has 9 nitrogen and oxygen atoms in total. The number of benzene rings is 1. The molecule has 1 saturated heterocycles. The number of hydrogen-bond acceptors (Lipinski definition) is 7. The minimum atomic E-state index is -0.639. The fourth-order valence-corrected chi connectivity index (χ4v) is 3.99. The Bertz CT molecular complexity index is 1210. The molecule has 3 heterocycles. The van der Waals surface area contributed by atoms with E-state index in [0.29, 0.717) is 29.6 Å². The molecule has 1 fully saturated rings. The van der Waals surface area contributed by atoms with Crippen molar-refractivity contribution in [3.05, 3.63) is 70.3 Å². The predicted octanol–water partition coefficient (Wildman–Crippen LogP) is 2.52. The van der Waals surface area contributed by atoms with Gasteiger partial charge in [0.25, 0.3) is 11.5 Å². The van der Waals surface area contributed by atoms with Gasteiger partial charge in [-0.15, -0.1) is 0 Å². The van der Waals surface area contributed by atoms with Crippen LogP contribution in [-0.2, 0) is 0 Å². The standard InChI is InChI=1S/C24H29N7O2/c1-15(2)19-11-17(14-31(23(19)33)18-8-4-3-5-9-18)28-22-20(21(26)32)12-27-24(29-22)30-10-6-7-16(25)13-30/h3-5,8-9,11-12,14-16H,6-7,10,13,25H2,1-2H3,(H2,26,32)(H,27,28,29). The zero-order valence-corrected chi connectivity index (χ0v) is 18.9. The third kappa shape index (κ3) is 4.88. The Kier molecular flexibility index (Phi) is 6.41. The lowest BCUT2D eigenvalue weighted by Crippen LogP contribution is -2.43. The van der Waals surface area contributed by atoms with Gasteiger partial charge in [-0.25, -0.2) is 4.98 Å². The van der Waals surface area contributed by atoms with Crippen molar-refractivity contribution in [3.63, 3.8) is 0 Å². The van der Waals surface area contributed by atoms with Gasteiger partial charge in [-0.2, -0.15) is 4.98 Å². The molecule has 172 valence electrons. The third-order valence-corrected chi connectivity index (χ3v) is 5.75. The highest BCUT2D eigenvalue weighted by atomic mass is 16.1. The van der Waals surface area contributed by atoms with Gasteiger partial charge in [0.05, 0.1) is 5.69 Å². The smallest absolute Gasteiger partial charge is 0.258 e. The van der Waals surface area contributed by atoms with Crippen molar-refractivity contribution in [2.45, 2.75) is 38.6 Å². The fourth-order valence-electron chi connectivity index (χ4n) is 3.99. The lowest BCUT2D eigenvalue weighted by molar-refractivity contribution is 0.100. The zero-order valence-electron chi connectivity index (χ0n) is 18.9. The van der Waals surface area contributed by atoms with Crippen LogP contribution < -0.4 is 27.2 Å². The Balaban J connectivity index is 1.77. The van der Waals surface area contributed by atoms with Crippen molar-refractivity contribution in [2.75, 3.05) is 23.3 Å². The number of carbonyl (C=O) groups is 1. The van der Waals surface area contributed by atoms with E-state index in [9.17, 15) is 9.59 Å². The van der Waals surface area contributed by atoms with Crippen LogP contribution in [0.4, 0.5) is 17.5 Å². The number of anilines is 3. The summed E-state index contributed by atoms with van der Waals surface area (Å²) in [7, 11) is 0. The number of carbonyl (C=O) groups excluding carboxylic acids is 1. The number of para-hydroxylation sites is 1. The number of aromatic nitrogens is 3. The van der Waals surface area contributed by atoms with Crippen molar-refractivity contribution < 1.29 is 4.79 Å². The quantitative estimate of drug-likeness (QED) is 0.529. The molecule has 0 aliphatic carbocycles. The SMILES string of the molecule is CC(C)c1cc(Nc2nc(N3CCCC(N)C3)ncc2C(N)=O)cn(-c2ccccc2)c1=O. The van der Waals surface area contributed by atoms with Gasteiger partial charge in [0, 0.05) is 42.8 Å². The Morgan fingerprint density at radius 1 is 1.24 bits per heavy atom. The highest BCUT2D eigenvalue weighted by Gasteiger charge is 2.22. The molecule has 1 aliphatic heterocycles. The first-order valence-electron chi connectivity index (χ1n) is 11.1. The van der Waals surface area contributed by atoms with E-state index in [2.05, 4.69) is 15.3 Å². The molecule has 0 bridgehead atoms. The number of pyridine rings is 1. The molecule has 1 unspecified atom stereocenters. The zero-order chi connectivity index (χ0) is 23.5. The fraction of sp³-hybridized carbons (Fsp3) is 0.333. The van der Waals surface area contributed by atoms with Gasteiger partial charge in [-0.3, -0.25) is 14.2 Å². The number of hydrogen-bond donors (Lipinski definition) is 3. The molecule has 3 aromatic rings. The van der Waals surface area contributed by atoms with Gasteiger partial charge in [0.15, 0.2) is 0 Å². The van der Waals surface area contributed by atoms with Gasteiger partial charge >= 0.3 is 0 Å². The second-order valence-electron chi connectivity index (χ2n) is 8.62. The summed E-state index contributed by atoms with van der Waals surface area (Å²) in [6.45, 7) is 5.37. The summed E-state index contributed by atoms with van der Waals surface area (Å²) >= 11 is 0. The maximum absolute atomic E-state index is 13.1. The normalized spacial score (nSPS) is 16.1. The number of nitrogens with zero attached hydrogens (tertiary/aromatic N) is 4. The first-order chi connectivity index (χ1) is 15.8. The number of primary amides is 1. The summed E-state index contributed by atoms with van der Waals surface area (Å²) in [5.74, 6) is 0.137. The van der Waals surface area contributed by atoms with Crippen LogP contribution in [0, 0.1) is 0 Å². The number of piperidine rings is 1. The molecule has 1 amide bonds. The molecule has 5 N–H and O–H groups in total. The third-order valence-electron chi connectivity index (χ3n) is 5.75. The molecule has 1 atom stereocenters. The molecule has 0 radical (unpaired) electrons. The maximum atomic E-state index is 13.1. The summed E-state index contributed by atoms with van der Waals surface area (Å²) < 4.78 is 1.59. The van der Waals surface area contributed by atoms with Crippen LogP contribution in [0.2, 0.25) is 0 Å². The molecule has 2 aromatic heterocycles. The highest BCUT2D eigenvalue weighted by Crippen LogP contribution is 2.25. The van der Waals surface area contributed by atoms with Crippen LogP contribution in [0.1, 0.15) is 48.5 Å². The first kappa shape index (κ1) is 22.5. The van der Waals surface area contributed by atoms with Crippen molar-refractivity contribution >= 4 is 23.4 Å². The molecule has 0 spiro atoms. The molecule has 33 heavy (non-hydrogen) atoms. The molecule has 0 saturated carbocycles. The van der Waals surface area contributed by atoms with Crippen LogP contribution >= 0.6 is 0 Å². The Morgan fingerprint density at radius 2 is 2.00 bits per heavy atom. The van der Waals surface area contributed by atoms with Crippen LogP contribution in [-0.4, -0.2) is 39.6 Å². The molecular weight excluding hydrogens is 418 g/mol. The van der Waals surface area contributed by atoms with Crippen molar-refractivity contribution in [1.82, 2.24) is 14.5 Å². The minimum Gasteiger partial charge on any atom is -0.365 e. The topological polar surface area (TPSA) is 132 Å². The summed E-state index contributed by atoms with van der Waals surface area (Å²) in [5.41, 5.74) is 13.8. The highest BCUT2D eigenvalue weighted by molar-refractivity contribution is 5.98. The van der Waals surface area contributed by atoms with E-state index in [0.717, 1.165) is 25.1 Å². The van der Waals surface area contributed by atoms with Gasteiger partial charge in [0.2, 0.25) is 5.95 Å². The van der Waals surface area contributed by atoms with E-state index in [-0.39, 0.29) is 23.1 Å². The summed E-state index contributed by atoms with van der Waals surface area (Å²) in [6.07, 6.45) is 5.04. The maximum Gasteiger partial charge on any atom is 0.258 e. The number of amides is 1. The van der Waals surface area contributed by atoms with E-state index in [4.69, 9.17) is 11.5 Å². The van der Waals surface area contributed by atoms with Crippen molar-refractivity contribution in [3.8, 4) is 5.69 Å². The number of nitrogens with two attached hydrogens (primary N) is 2. The second-order valence-corrected chi connectivity index (χ2v) is 8.62. The minimum absolute atomic E-state index is 0.000575. The monoisotopic (exact) mass is 447 g/mol. The number of rotatable bonds is 6. The lowest BCUT2D eigenvalue weighted by atomic mass is 10.0. The second kappa shape index (κ2) is 9.41. The van der Waals surface area contributed by atoms with E-state index in [1.807, 2.05) is 49.1 Å². The van der Waals surface area contributed by atoms with E-state index < -0.39 is 5.91 Å². The molecule has 4 rings (SSSR count). The van der Waals surface area contributed by atoms with Crippen LogP contribution in [0.3, 0.4) is 0 Å². The first-order valence-corrected chi connectivity index (χ1v) is 11.1. The Morgan fingerprint density at radius 3 is 2.67 bits per heavy atom. The van der Waals surface area contributed by atoms with E-state index in [1.165, 1.54) is 6.20 Å². The average Bonchev–Trinajstić information content (AvgIpc) is 2.80. The van der Waals surface area contributed by atoms with Crippen LogP contribution in [0.25, 0.3) is 5.69 Å². The van der Waals surface area contributed by atoms with Gasteiger partial charge in [-0.1, -0.05) is 32.0 Å². The van der Waals surface area contributed by atoms with E-state index in [1.54, 1.807) is 16.8 Å². The summed E-state index contributed by atoms with van der Waals surface area (Å²) in [5, 5.41) is 3.21. The van der Waals surface area contributed by atoms with Gasteiger partial charge in [0.1, 0.15) is 11.4 Å². The van der Waals surface area contributed by atoms with Crippen molar-refractivity contribution in [1.29, 1.82) is 0 Å². The largest absolute Gasteiger partial charge is 0.365 e. The van der Waals surface area contributed by atoms with Crippen molar-refractivity contribution in [2.24, 2.45) is 11.5 Å².